The van der Waals surface area contributed by atoms with Crippen LogP contribution in [0.1, 0.15) is 32.6 Å². The van der Waals surface area contributed by atoms with Gasteiger partial charge in [-0.3, -0.25) is 4.79 Å². The molecule has 1 rings (SSSR count). The highest BCUT2D eigenvalue weighted by molar-refractivity contribution is 5.80. The average molecular weight is 220 g/mol. The molecule has 0 saturated heterocycles. The number of carbonyl (C=O) groups is 1. The van der Waals surface area contributed by atoms with Gasteiger partial charge in [-0.15, -0.1) is 0 Å². The van der Waals surface area contributed by atoms with Gasteiger partial charge in [-0.1, -0.05) is 6.42 Å². The van der Waals surface area contributed by atoms with E-state index in [4.69, 9.17) is 5.73 Å². The summed E-state index contributed by atoms with van der Waals surface area (Å²) in [6.07, 6.45) is 0.162. The molecule has 5 heteroatoms. The molecule has 0 heterocycles. The van der Waals surface area contributed by atoms with Crippen LogP contribution in [0.5, 0.6) is 0 Å². The molecule has 1 atom stereocenters. The third-order valence-corrected chi connectivity index (χ3v) is 3.03. The Hall–Kier alpha value is -0.710. The standard InChI is InChI=1S/C10H18F2N2O/c1-10(5-6-13,9(11)12)14-8(15)7-3-2-4-7/h7,9H,2-6,13H2,1H3,(H,14,15). The van der Waals surface area contributed by atoms with E-state index >= 15 is 0 Å². The molecule has 1 aliphatic rings. The monoisotopic (exact) mass is 220 g/mol. The first kappa shape index (κ1) is 12.4. The van der Waals surface area contributed by atoms with Gasteiger partial charge in [0.2, 0.25) is 5.91 Å². The van der Waals surface area contributed by atoms with Crippen molar-refractivity contribution in [2.24, 2.45) is 11.7 Å². The van der Waals surface area contributed by atoms with E-state index in [9.17, 15) is 13.6 Å². The molecule has 0 spiro atoms. The van der Waals surface area contributed by atoms with Gasteiger partial charge in [0.1, 0.15) is 0 Å². The van der Waals surface area contributed by atoms with E-state index < -0.39 is 12.0 Å². The largest absolute Gasteiger partial charge is 0.345 e. The van der Waals surface area contributed by atoms with Gasteiger partial charge in [-0.05, 0) is 32.7 Å². The summed E-state index contributed by atoms with van der Waals surface area (Å²) in [5, 5.41) is 2.43. The molecule has 0 aromatic rings. The summed E-state index contributed by atoms with van der Waals surface area (Å²) >= 11 is 0. The molecule has 0 radical (unpaired) electrons. The zero-order chi connectivity index (χ0) is 11.5. The Morgan fingerprint density at radius 1 is 1.60 bits per heavy atom. The maximum atomic E-state index is 12.7. The molecule has 3 nitrogen and oxygen atoms in total. The topological polar surface area (TPSA) is 55.1 Å². The van der Waals surface area contributed by atoms with E-state index in [0.717, 1.165) is 19.3 Å². The van der Waals surface area contributed by atoms with E-state index in [0.29, 0.717) is 0 Å². The molecular formula is C10H18F2N2O. The minimum Gasteiger partial charge on any atom is -0.345 e. The summed E-state index contributed by atoms with van der Waals surface area (Å²) in [6, 6.07) is 0. The normalized spacial score (nSPS) is 20.9. The molecule has 0 aromatic carbocycles. The first-order valence-corrected chi connectivity index (χ1v) is 5.30. The lowest BCUT2D eigenvalue weighted by Gasteiger charge is -2.33. The summed E-state index contributed by atoms with van der Waals surface area (Å²) < 4.78 is 25.5. The highest BCUT2D eigenvalue weighted by atomic mass is 19.3. The number of rotatable bonds is 5. The minimum atomic E-state index is -2.58. The number of carbonyl (C=O) groups excluding carboxylic acids is 1. The van der Waals surface area contributed by atoms with Gasteiger partial charge in [0.15, 0.2) is 0 Å². The summed E-state index contributed by atoms with van der Waals surface area (Å²) in [6.45, 7) is 1.49. The Labute approximate surface area is 88.4 Å². The predicted molar refractivity (Wildman–Crippen MR) is 53.6 cm³/mol. The fourth-order valence-corrected chi connectivity index (χ4v) is 1.58. The molecular weight excluding hydrogens is 202 g/mol. The van der Waals surface area contributed by atoms with E-state index in [-0.39, 0.29) is 24.8 Å². The molecule has 0 aromatic heterocycles. The van der Waals surface area contributed by atoms with Crippen molar-refractivity contribution in [3.05, 3.63) is 0 Å². The Morgan fingerprint density at radius 3 is 2.53 bits per heavy atom. The average Bonchev–Trinajstić information content (AvgIpc) is 1.99. The van der Waals surface area contributed by atoms with Crippen LogP contribution in [0, 0.1) is 5.92 Å². The molecule has 0 aliphatic heterocycles. The third kappa shape index (κ3) is 2.87. The van der Waals surface area contributed by atoms with Gasteiger partial charge in [0.25, 0.3) is 6.43 Å². The van der Waals surface area contributed by atoms with Crippen molar-refractivity contribution in [3.8, 4) is 0 Å². The maximum Gasteiger partial charge on any atom is 0.261 e. The molecule has 3 N–H and O–H groups in total. The van der Waals surface area contributed by atoms with Crippen molar-refractivity contribution in [2.45, 2.75) is 44.6 Å². The zero-order valence-electron chi connectivity index (χ0n) is 8.93. The smallest absolute Gasteiger partial charge is 0.261 e. The lowest BCUT2D eigenvalue weighted by Crippen LogP contribution is -2.54. The van der Waals surface area contributed by atoms with Crippen molar-refractivity contribution in [1.29, 1.82) is 0 Å². The number of hydrogen-bond donors (Lipinski definition) is 2. The lowest BCUT2D eigenvalue weighted by molar-refractivity contribution is -0.131. The van der Waals surface area contributed by atoms with Gasteiger partial charge < -0.3 is 11.1 Å². The van der Waals surface area contributed by atoms with Gasteiger partial charge in [-0.2, -0.15) is 0 Å². The van der Waals surface area contributed by atoms with Crippen LogP contribution in [0.4, 0.5) is 8.78 Å². The highest BCUT2D eigenvalue weighted by Gasteiger charge is 2.38. The second-order valence-electron chi connectivity index (χ2n) is 4.37. The molecule has 15 heavy (non-hydrogen) atoms. The second-order valence-corrected chi connectivity index (χ2v) is 4.37. The molecule has 1 amide bonds. The van der Waals surface area contributed by atoms with Gasteiger partial charge in [0.05, 0.1) is 5.54 Å². The fraction of sp³-hybridized carbons (Fsp3) is 0.900. The van der Waals surface area contributed by atoms with Crippen LogP contribution < -0.4 is 11.1 Å². The van der Waals surface area contributed by atoms with Crippen LogP contribution in [0.3, 0.4) is 0 Å². The van der Waals surface area contributed by atoms with Crippen molar-refractivity contribution < 1.29 is 13.6 Å². The summed E-state index contributed by atoms with van der Waals surface area (Å²) in [4.78, 5) is 11.5. The van der Waals surface area contributed by atoms with Crippen molar-refractivity contribution in [3.63, 3.8) is 0 Å². The van der Waals surface area contributed by atoms with Crippen molar-refractivity contribution in [2.75, 3.05) is 6.54 Å². The Bertz CT molecular complexity index is 231. The van der Waals surface area contributed by atoms with E-state index in [1.165, 1.54) is 6.92 Å². The Balaban J connectivity index is 2.53. The molecule has 1 saturated carbocycles. The number of alkyl halides is 2. The number of halogens is 2. The predicted octanol–water partition coefficient (Wildman–Crippen LogP) is 1.28. The summed E-state index contributed by atoms with van der Waals surface area (Å²) in [5.41, 5.74) is 3.80. The van der Waals surface area contributed by atoms with E-state index in [2.05, 4.69) is 5.32 Å². The molecule has 1 fully saturated rings. The van der Waals surface area contributed by atoms with Crippen LogP contribution in [0.25, 0.3) is 0 Å². The third-order valence-electron chi connectivity index (χ3n) is 3.03. The lowest BCUT2D eigenvalue weighted by atomic mass is 9.83. The van der Waals surface area contributed by atoms with Crippen molar-refractivity contribution >= 4 is 5.91 Å². The maximum absolute atomic E-state index is 12.7. The number of nitrogens with two attached hydrogens (primary N) is 1. The fourth-order valence-electron chi connectivity index (χ4n) is 1.58. The van der Waals surface area contributed by atoms with Crippen LogP contribution in [-0.2, 0) is 4.79 Å². The Kier molecular flexibility index (Phi) is 4.02. The number of nitrogens with one attached hydrogen (secondary N) is 1. The van der Waals surface area contributed by atoms with Gasteiger partial charge in [0, 0.05) is 5.92 Å². The Morgan fingerprint density at radius 2 is 2.20 bits per heavy atom. The number of amides is 1. The van der Waals surface area contributed by atoms with Gasteiger partial charge >= 0.3 is 0 Å². The first-order valence-electron chi connectivity index (χ1n) is 5.30. The quantitative estimate of drug-likeness (QED) is 0.733. The van der Waals surface area contributed by atoms with Crippen LogP contribution in [0.2, 0.25) is 0 Å². The highest BCUT2D eigenvalue weighted by Crippen LogP contribution is 2.28. The number of hydrogen-bond acceptors (Lipinski definition) is 2. The van der Waals surface area contributed by atoms with Crippen LogP contribution >= 0.6 is 0 Å². The minimum absolute atomic E-state index is 0.0687. The summed E-state index contributed by atoms with van der Waals surface area (Å²) in [7, 11) is 0. The summed E-state index contributed by atoms with van der Waals surface area (Å²) in [5.74, 6) is -0.321. The van der Waals surface area contributed by atoms with E-state index in [1.54, 1.807) is 0 Å². The molecule has 1 aliphatic carbocycles. The molecule has 1 unspecified atom stereocenters. The van der Waals surface area contributed by atoms with E-state index in [1.807, 2.05) is 0 Å². The second kappa shape index (κ2) is 4.88. The van der Waals surface area contributed by atoms with Gasteiger partial charge in [-0.25, -0.2) is 8.78 Å². The SMILES string of the molecule is CC(CCN)(NC(=O)C1CCC1)C(F)F. The van der Waals surface area contributed by atoms with Crippen molar-refractivity contribution in [1.82, 2.24) is 5.32 Å². The van der Waals surface area contributed by atoms with Crippen LogP contribution in [0.15, 0.2) is 0 Å². The molecule has 88 valence electrons. The first-order chi connectivity index (χ1) is 6.99. The zero-order valence-corrected chi connectivity index (χ0v) is 8.93. The van der Waals surface area contributed by atoms with Crippen LogP contribution in [-0.4, -0.2) is 24.4 Å². The molecule has 0 bridgehead atoms.